The first-order valence-electron chi connectivity index (χ1n) is 6.81. The van der Waals surface area contributed by atoms with Crippen molar-refractivity contribution in [3.05, 3.63) is 29.3 Å². The third-order valence-electron chi connectivity index (χ3n) is 4.16. The van der Waals surface area contributed by atoms with Gasteiger partial charge in [-0.1, -0.05) is 11.6 Å². The Bertz CT molecular complexity index is 605. The SMILES string of the molecule is O=C1[C@@H]2[C@H](ON3CCOC[C@@H]23)C(=O)N1c1ccc(Cl)cc1. The van der Waals surface area contributed by atoms with Crippen molar-refractivity contribution in [2.24, 2.45) is 5.92 Å². The molecule has 0 saturated carbocycles. The normalized spacial score (nSPS) is 32.4. The zero-order valence-corrected chi connectivity index (χ0v) is 11.8. The lowest BCUT2D eigenvalue weighted by atomic mass is 9.97. The average Bonchev–Trinajstić information content (AvgIpc) is 2.98. The predicted octanol–water partition coefficient (Wildman–Crippen LogP) is 0.844. The van der Waals surface area contributed by atoms with Gasteiger partial charge in [-0.3, -0.25) is 14.4 Å². The van der Waals surface area contributed by atoms with Gasteiger partial charge in [0.15, 0.2) is 6.10 Å². The van der Waals surface area contributed by atoms with Crippen LogP contribution in [0, 0.1) is 5.92 Å². The van der Waals surface area contributed by atoms with Crippen LogP contribution in [0.4, 0.5) is 5.69 Å². The summed E-state index contributed by atoms with van der Waals surface area (Å²) in [7, 11) is 0. The minimum atomic E-state index is -0.736. The van der Waals surface area contributed by atoms with Gasteiger partial charge in [0, 0.05) is 11.6 Å². The molecular weight excluding hydrogens is 296 g/mol. The highest BCUT2D eigenvalue weighted by Crippen LogP contribution is 2.39. The van der Waals surface area contributed by atoms with E-state index in [1.54, 1.807) is 29.3 Å². The molecule has 0 spiro atoms. The first kappa shape index (κ1) is 13.2. The van der Waals surface area contributed by atoms with E-state index in [1.807, 2.05) is 0 Å². The molecule has 3 saturated heterocycles. The summed E-state index contributed by atoms with van der Waals surface area (Å²) in [5.41, 5.74) is 0.524. The van der Waals surface area contributed by atoms with Crippen LogP contribution in [0.3, 0.4) is 0 Å². The largest absolute Gasteiger partial charge is 0.378 e. The molecule has 0 unspecified atom stereocenters. The molecule has 3 atom stereocenters. The molecule has 0 radical (unpaired) electrons. The van der Waals surface area contributed by atoms with Crippen LogP contribution in [-0.4, -0.2) is 48.8 Å². The van der Waals surface area contributed by atoms with Crippen molar-refractivity contribution >= 4 is 29.1 Å². The fraction of sp³-hybridized carbons (Fsp3) is 0.429. The number of nitrogens with zero attached hydrogens (tertiary/aromatic N) is 2. The molecule has 1 aromatic rings. The van der Waals surface area contributed by atoms with Gasteiger partial charge >= 0.3 is 0 Å². The van der Waals surface area contributed by atoms with E-state index < -0.39 is 12.0 Å². The summed E-state index contributed by atoms with van der Waals surface area (Å²) in [6.07, 6.45) is -0.736. The Labute approximate surface area is 126 Å². The van der Waals surface area contributed by atoms with Crippen LogP contribution in [0.1, 0.15) is 0 Å². The van der Waals surface area contributed by atoms with Crippen LogP contribution in [0.25, 0.3) is 0 Å². The number of hydroxylamine groups is 2. The highest BCUT2D eigenvalue weighted by Gasteiger charge is 2.60. The molecule has 110 valence electrons. The highest BCUT2D eigenvalue weighted by atomic mass is 35.5. The van der Waals surface area contributed by atoms with Crippen LogP contribution in [0.2, 0.25) is 5.02 Å². The number of carbonyl (C=O) groups is 2. The quantitative estimate of drug-likeness (QED) is 0.720. The van der Waals surface area contributed by atoms with Gasteiger partial charge in [-0.15, -0.1) is 0 Å². The number of morpholine rings is 1. The molecular formula is C14H13ClN2O4. The summed E-state index contributed by atoms with van der Waals surface area (Å²) in [6, 6.07) is 6.45. The van der Waals surface area contributed by atoms with Gasteiger partial charge < -0.3 is 4.74 Å². The molecule has 2 amide bonds. The summed E-state index contributed by atoms with van der Waals surface area (Å²) in [5, 5.41) is 2.27. The Kier molecular flexibility index (Phi) is 3.00. The Balaban J connectivity index is 1.66. The second kappa shape index (κ2) is 4.78. The molecule has 3 fully saturated rings. The Morgan fingerprint density at radius 1 is 1.14 bits per heavy atom. The number of ether oxygens (including phenoxy) is 1. The minimum absolute atomic E-state index is 0.183. The topological polar surface area (TPSA) is 59.1 Å². The summed E-state index contributed by atoms with van der Waals surface area (Å²) in [4.78, 5) is 32.0. The highest BCUT2D eigenvalue weighted by molar-refractivity contribution is 6.31. The van der Waals surface area contributed by atoms with Gasteiger partial charge in [-0.2, -0.15) is 5.06 Å². The molecule has 0 aromatic heterocycles. The first-order chi connectivity index (χ1) is 10.2. The summed E-state index contributed by atoms with van der Waals surface area (Å²) < 4.78 is 5.41. The second-order valence-corrected chi connectivity index (χ2v) is 5.76. The van der Waals surface area contributed by atoms with Crippen molar-refractivity contribution in [3.63, 3.8) is 0 Å². The number of benzene rings is 1. The predicted molar refractivity (Wildman–Crippen MR) is 73.6 cm³/mol. The van der Waals surface area contributed by atoms with Gasteiger partial charge in [-0.05, 0) is 24.3 Å². The monoisotopic (exact) mass is 308 g/mol. The van der Waals surface area contributed by atoms with Crippen LogP contribution in [0.15, 0.2) is 24.3 Å². The fourth-order valence-corrected chi connectivity index (χ4v) is 3.28. The van der Waals surface area contributed by atoms with Crippen LogP contribution in [-0.2, 0) is 19.2 Å². The smallest absolute Gasteiger partial charge is 0.265 e. The number of amides is 2. The number of carbonyl (C=O) groups excluding carboxylic acids is 2. The molecule has 7 heteroatoms. The molecule has 0 bridgehead atoms. The maximum Gasteiger partial charge on any atom is 0.265 e. The summed E-state index contributed by atoms with van der Waals surface area (Å²) in [6.45, 7) is 1.55. The van der Waals surface area contributed by atoms with E-state index in [4.69, 9.17) is 21.2 Å². The molecule has 1 aromatic carbocycles. The van der Waals surface area contributed by atoms with E-state index in [2.05, 4.69) is 0 Å². The van der Waals surface area contributed by atoms with Crippen molar-refractivity contribution in [2.45, 2.75) is 12.1 Å². The molecule has 3 heterocycles. The van der Waals surface area contributed by atoms with E-state index in [1.165, 1.54) is 4.90 Å². The van der Waals surface area contributed by atoms with Crippen molar-refractivity contribution < 1.29 is 19.2 Å². The minimum Gasteiger partial charge on any atom is -0.378 e. The molecule has 3 aliphatic heterocycles. The lowest BCUT2D eigenvalue weighted by molar-refractivity contribution is -0.197. The van der Waals surface area contributed by atoms with Crippen molar-refractivity contribution in [1.82, 2.24) is 5.06 Å². The van der Waals surface area contributed by atoms with Crippen molar-refractivity contribution in [1.29, 1.82) is 0 Å². The number of rotatable bonds is 1. The Hall–Kier alpha value is -1.47. The number of imide groups is 1. The molecule has 0 N–H and O–H groups in total. The average molecular weight is 309 g/mol. The van der Waals surface area contributed by atoms with Gasteiger partial charge in [0.2, 0.25) is 5.91 Å². The third-order valence-corrected chi connectivity index (χ3v) is 4.41. The molecule has 0 aliphatic carbocycles. The standard InChI is InChI=1S/C14H13ClN2O4/c15-8-1-3-9(4-2-8)17-13(18)11-10-7-20-6-5-16(10)21-12(11)14(17)19/h1-4,10-12H,5-7H2/t10-,11-,12-/m0/s1. The number of anilines is 1. The van der Waals surface area contributed by atoms with Crippen LogP contribution >= 0.6 is 11.6 Å². The van der Waals surface area contributed by atoms with E-state index in [0.717, 1.165) is 0 Å². The second-order valence-electron chi connectivity index (χ2n) is 5.32. The molecule has 3 aliphatic rings. The number of hydrogen-bond acceptors (Lipinski definition) is 5. The molecule has 21 heavy (non-hydrogen) atoms. The van der Waals surface area contributed by atoms with E-state index in [-0.39, 0.29) is 17.9 Å². The molecule has 4 rings (SSSR count). The first-order valence-corrected chi connectivity index (χ1v) is 7.19. The van der Waals surface area contributed by atoms with Crippen LogP contribution in [0.5, 0.6) is 0 Å². The van der Waals surface area contributed by atoms with Crippen molar-refractivity contribution in [2.75, 3.05) is 24.7 Å². The number of fused-ring (bicyclic) bond motifs is 3. The van der Waals surface area contributed by atoms with Gasteiger partial charge in [0.05, 0.1) is 30.9 Å². The van der Waals surface area contributed by atoms with Gasteiger partial charge in [0.25, 0.3) is 5.91 Å². The van der Waals surface area contributed by atoms with E-state index in [0.29, 0.717) is 30.5 Å². The maximum atomic E-state index is 12.6. The maximum absolute atomic E-state index is 12.6. The number of hydrogen-bond donors (Lipinski definition) is 0. The number of halogens is 1. The zero-order chi connectivity index (χ0) is 14.6. The lowest BCUT2D eigenvalue weighted by Crippen LogP contribution is -2.46. The Morgan fingerprint density at radius 2 is 1.90 bits per heavy atom. The lowest BCUT2D eigenvalue weighted by Gasteiger charge is -2.30. The Morgan fingerprint density at radius 3 is 2.67 bits per heavy atom. The van der Waals surface area contributed by atoms with Crippen molar-refractivity contribution in [3.8, 4) is 0 Å². The summed E-state index contributed by atoms with van der Waals surface area (Å²) in [5.74, 6) is -1.04. The van der Waals surface area contributed by atoms with Crippen LogP contribution < -0.4 is 4.90 Å². The van der Waals surface area contributed by atoms with Gasteiger partial charge in [0.1, 0.15) is 0 Å². The fourth-order valence-electron chi connectivity index (χ4n) is 3.16. The van der Waals surface area contributed by atoms with Gasteiger partial charge in [-0.25, -0.2) is 4.90 Å². The van der Waals surface area contributed by atoms with E-state index >= 15 is 0 Å². The zero-order valence-electron chi connectivity index (χ0n) is 11.1. The molecule has 6 nitrogen and oxygen atoms in total. The summed E-state index contributed by atoms with van der Waals surface area (Å²) >= 11 is 5.84. The van der Waals surface area contributed by atoms with E-state index in [9.17, 15) is 9.59 Å². The third kappa shape index (κ3) is 1.91.